The van der Waals surface area contributed by atoms with E-state index >= 15 is 0 Å². The summed E-state index contributed by atoms with van der Waals surface area (Å²) < 4.78 is 5.69. The molecule has 0 aliphatic carbocycles. The van der Waals surface area contributed by atoms with E-state index in [0.717, 1.165) is 49.7 Å². The third-order valence-corrected chi connectivity index (χ3v) is 3.40. The van der Waals surface area contributed by atoms with Crippen molar-refractivity contribution in [1.29, 1.82) is 0 Å². The summed E-state index contributed by atoms with van der Waals surface area (Å²) in [6.45, 7) is 8.64. The number of hydrogen-bond donors (Lipinski definition) is 1. The molecule has 0 radical (unpaired) electrons. The summed E-state index contributed by atoms with van der Waals surface area (Å²) >= 11 is 0. The number of nitrogens with zero attached hydrogens (tertiary/aromatic N) is 3. The van der Waals surface area contributed by atoms with Gasteiger partial charge in [-0.15, -0.1) is 0 Å². The molecule has 1 aliphatic heterocycles. The van der Waals surface area contributed by atoms with Crippen molar-refractivity contribution in [3.8, 4) is 0 Å². The molecule has 2 heterocycles. The van der Waals surface area contributed by atoms with Gasteiger partial charge in [-0.3, -0.25) is 0 Å². The van der Waals surface area contributed by atoms with Crippen molar-refractivity contribution in [2.75, 3.05) is 30.3 Å². The first-order chi connectivity index (χ1) is 8.61. The highest BCUT2D eigenvalue weighted by molar-refractivity contribution is 5.56. The van der Waals surface area contributed by atoms with Crippen LogP contribution in [-0.4, -0.2) is 35.8 Å². The second kappa shape index (κ2) is 5.52. The van der Waals surface area contributed by atoms with E-state index in [0.29, 0.717) is 11.9 Å². The van der Waals surface area contributed by atoms with E-state index in [4.69, 9.17) is 10.5 Å². The van der Waals surface area contributed by atoms with Crippen molar-refractivity contribution in [2.24, 2.45) is 0 Å². The molecule has 1 atom stereocenters. The number of likely N-dealkylation sites (N-methyl/N-ethyl adjacent to an activating group) is 1. The van der Waals surface area contributed by atoms with Gasteiger partial charge < -0.3 is 15.4 Å². The molecule has 0 spiro atoms. The Hall–Kier alpha value is -1.36. The monoisotopic (exact) mass is 250 g/mol. The van der Waals surface area contributed by atoms with Crippen LogP contribution in [0.4, 0.5) is 11.6 Å². The van der Waals surface area contributed by atoms with Gasteiger partial charge in [0.15, 0.2) is 0 Å². The van der Waals surface area contributed by atoms with Gasteiger partial charge in [-0.25, -0.2) is 9.97 Å². The summed E-state index contributed by atoms with van der Waals surface area (Å²) in [4.78, 5) is 10.9. The van der Waals surface area contributed by atoms with Crippen molar-refractivity contribution < 1.29 is 4.74 Å². The van der Waals surface area contributed by atoms with E-state index in [1.807, 2.05) is 13.8 Å². The van der Waals surface area contributed by atoms with Gasteiger partial charge >= 0.3 is 0 Å². The first-order valence-electron chi connectivity index (χ1n) is 6.59. The van der Waals surface area contributed by atoms with Crippen LogP contribution < -0.4 is 10.6 Å². The Balaban J connectivity index is 2.20. The average Bonchev–Trinajstić information content (AvgIpc) is 2.84. The molecule has 0 bridgehead atoms. The predicted molar refractivity (Wildman–Crippen MR) is 72.8 cm³/mol. The number of ether oxygens (including phenoxy) is 1. The van der Waals surface area contributed by atoms with Gasteiger partial charge in [0.1, 0.15) is 17.5 Å². The smallest absolute Gasteiger partial charge is 0.137 e. The van der Waals surface area contributed by atoms with Crippen molar-refractivity contribution in [3.63, 3.8) is 0 Å². The maximum Gasteiger partial charge on any atom is 0.137 e. The van der Waals surface area contributed by atoms with Gasteiger partial charge in [-0.1, -0.05) is 0 Å². The molecule has 18 heavy (non-hydrogen) atoms. The first kappa shape index (κ1) is 13.1. The Morgan fingerprint density at radius 1 is 1.39 bits per heavy atom. The zero-order chi connectivity index (χ0) is 13.1. The van der Waals surface area contributed by atoms with E-state index in [9.17, 15) is 0 Å². The number of nitrogen functional groups attached to an aromatic ring is 1. The standard InChI is InChI=1S/C13H22N4O/c1-4-17(8-11-6-5-7-18-11)13-9(2)12(14)15-10(3)16-13/h11H,4-8H2,1-3H3,(H2,14,15,16). The van der Waals surface area contributed by atoms with Gasteiger partial charge in [0, 0.05) is 25.3 Å². The van der Waals surface area contributed by atoms with E-state index in [1.54, 1.807) is 0 Å². The summed E-state index contributed by atoms with van der Waals surface area (Å²) in [5.74, 6) is 2.24. The number of nitrogens with two attached hydrogens (primary N) is 1. The maximum absolute atomic E-state index is 5.91. The molecule has 0 saturated carbocycles. The van der Waals surface area contributed by atoms with Crippen molar-refractivity contribution in [1.82, 2.24) is 9.97 Å². The van der Waals surface area contributed by atoms with Crippen LogP contribution in [0.2, 0.25) is 0 Å². The zero-order valence-electron chi connectivity index (χ0n) is 11.4. The predicted octanol–water partition coefficient (Wildman–Crippen LogP) is 1.68. The SMILES string of the molecule is CCN(CC1CCCO1)c1nc(C)nc(N)c1C. The molecular weight excluding hydrogens is 228 g/mol. The number of aryl methyl sites for hydroxylation is 1. The molecule has 100 valence electrons. The molecule has 5 nitrogen and oxygen atoms in total. The molecule has 1 aromatic heterocycles. The lowest BCUT2D eigenvalue weighted by atomic mass is 10.2. The van der Waals surface area contributed by atoms with Crippen LogP contribution in [0.15, 0.2) is 0 Å². The van der Waals surface area contributed by atoms with Gasteiger partial charge in [0.2, 0.25) is 0 Å². The molecule has 1 aliphatic rings. The average molecular weight is 250 g/mol. The Bertz CT molecular complexity index is 416. The van der Waals surface area contributed by atoms with Crippen LogP contribution in [-0.2, 0) is 4.74 Å². The largest absolute Gasteiger partial charge is 0.383 e. The fraction of sp³-hybridized carbons (Fsp3) is 0.692. The van der Waals surface area contributed by atoms with Crippen LogP contribution in [0.1, 0.15) is 31.2 Å². The molecule has 0 amide bonds. The number of hydrogen-bond acceptors (Lipinski definition) is 5. The minimum absolute atomic E-state index is 0.320. The van der Waals surface area contributed by atoms with Gasteiger partial charge in [-0.05, 0) is 33.6 Å². The summed E-state index contributed by atoms with van der Waals surface area (Å²) in [5.41, 5.74) is 6.87. The summed E-state index contributed by atoms with van der Waals surface area (Å²) in [7, 11) is 0. The van der Waals surface area contributed by atoms with Crippen LogP contribution in [0.3, 0.4) is 0 Å². The van der Waals surface area contributed by atoms with E-state index < -0.39 is 0 Å². The molecule has 1 saturated heterocycles. The van der Waals surface area contributed by atoms with Crippen molar-refractivity contribution >= 4 is 11.6 Å². The second-order valence-electron chi connectivity index (χ2n) is 4.78. The van der Waals surface area contributed by atoms with E-state index in [2.05, 4.69) is 21.8 Å². The summed E-state index contributed by atoms with van der Waals surface area (Å²) in [5, 5.41) is 0. The van der Waals surface area contributed by atoms with Crippen molar-refractivity contribution in [3.05, 3.63) is 11.4 Å². The summed E-state index contributed by atoms with van der Waals surface area (Å²) in [6.07, 6.45) is 2.61. The molecule has 2 N–H and O–H groups in total. The molecule has 2 rings (SSSR count). The third-order valence-electron chi connectivity index (χ3n) is 3.40. The molecule has 5 heteroatoms. The third kappa shape index (κ3) is 2.72. The Labute approximate surface area is 108 Å². The molecule has 0 aromatic carbocycles. The second-order valence-corrected chi connectivity index (χ2v) is 4.78. The maximum atomic E-state index is 5.91. The van der Waals surface area contributed by atoms with Crippen LogP contribution in [0, 0.1) is 13.8 Å². The Kier molecular flexibility index (Phi) is 4.01. The van der Waals surface area contributed by atoms with Crippen LogP contribution in [0.5, 0.6) is 0 Å². The fourth-order valence-corrected chi connectivity index (χ4v) is 2.34. The first-order valence-corrected chi connectivity index (χ1v) is 6.59. The molecular formula is C13H22N4O. The molecule has 1 aromatic rings. The zero-order valence-corrected chi connectivity index (χ0v) is 11.4. The van der Waals surface area contributed by atoms with Crippen LogP contribution in [0.25, 0.3) is 0 Å². The highest BCUT2D eigenvalue weighted by atomic mass is 16.5. The highest BCUT2D eigenvalue weighted by Gasteiger charge is 2.21. The highest BCUT2D eigenvalue weighted by Crippen LogP contribution is 2.23. The Morgan fingerprint density at radius 3 is 2.78 bits per heavy atom. The van der Waals surface area contributed by atoms with Gasteiger partial charge in [0.05, 0.1) is 6.10 Å². The lowest BCUT2D eigenvalue weighted by Gasteiger charge is -2.26. The van der Waals surface area contributed by atoms with Crippen molar-refractivity contribution in [2.45, 2.75) is 39.7 Å². The molecule has 1 fully saturated rings. The quantitative estimate of drug-likeness (QED) is 0.880. The number of anilines is 2. The number of aromatic nitrogens is 2. The lowest BCUT2D eigenvalue weighted by molar-refractivity contribution is 0.115. The van der Waals surface area contributed by atoms with Crippen LogP contribution >= 0.6 is 0 Å². The molecule has 1 unspecified atom stereocenters. The normalized spacial score (nSPS) is 19.2. The fourth-order valence-electron chi connectivity index (χ4n) is 2.34. The lowest BCUT2D eigenvalue weighted by Crippen LogP contribution is -2.33. The minimum Gasteiger partial charge on any atom is -0.383 e. The number of rotatable bonds is 4. The summed E-state index contributed by atoms with van der Waals surface area (Å²) in [6, 6.07) is 0. The minimum atomic E-state index is 0.320. The van der Waals surface area contributed by atoms with E-state index in [-0.39, 0.29) is 0 Å². The van der Waals surface area contributed by atoms with Gasteiger partial charge in [0.25, 0.3) is 0 Å². The van der Waals surface area contributed by atoms with Gasteiger partial charge in [-0.2, -0.15) is 0 Å². The topological polar surface area (TPSA) is 64.3 Å². The van der Waals surface area contributed by atoms with E-state index in [1.165, 1.54) is 0 Å². The Morgan fingerprint density at radius 2 is 2.17 bits per heavy atom.